The Kier molecular flexibility index (Phi) is 4.77. The van der Waals surface area contributed by atoms with Crippen LogP contribution in [0.15, 0.2) is 16.9 Å². The van der Waals surface area contributed by atoms with Crippen LogP contribution < -0.4 is 0 Å². The summed E-state index contributed by atoms with van der Waals surface area (Å²) in [7, 11) is 0. The van der Waals surface area contributed by atoms with Gasteiger partial charge < -0.3 is 4.74 Å². The molecule has 1 atom stereocenters. The highest BCUT2D eigenvalue weighted by Crippen LogP contribution is 2.18. The summed E-state index contributed by atoms with van der Waals surface area (Å²) in [5.74, 6) is -0.0541. The summed E-state index contributed by atoms with van der Waals surface area (Å²) in [6, 6.07) is 0. The van der Waals surface area contributed by atoms with E-state index in [1.807, 2.05) is 17.8 Å². The Balaban J connectivity index is 1.88. The quantitative estimate of drug-likeness (QED) is 0.796. The summed E-state index contributed by atoms with van der Waals surface area (Å²) >= 11 is 3.38. The maximum absolute atomic E-state index is 11.7. The van der Waals surface area contributed by atoms with Gasteiger partial charge in [0, 0.05) is 12.7 Å². The van der Waals surface area contributed by atoms with Gasteiger partial charge in [0.2, 0.25) is 0 Å². The van der Waals surface area contributed by atoms with E-state index in [1.165, 1.54) is 0 Å². The molecule has 1 fully saturated rings. The molecule has 1 unspecified atom stereocenters. The van der Waals surface area contributed by atoms with Crippen LogP contribution in [0, 0.1) is 5.92 Å². The zero-order valence-corrected chi connectivity index (χ0v) is 12.1. The fourth-order valence-corrected chi connectivity index (χ4v) is 2.58. The molecular formula is C12H18BrN3O2. The number of carbonyl (C=O) groups excluding carboxylic acids is 1. The molecule has 1 aliphatic heterocycles. The van der Waals surface area contributed by atoms with Crippen LogP contribution in [0.1, 0.15) is 19.8 Å². The molecule has 5 nitrogen and oxygen atoms in total. The molecule has 18 heavy (non-hydrogen) atoms. The summed E-state index contributed by atoms with van der Waals surface area (Å²) in [6.45, 7) is 4.80. The second-order valence-corrected chi connectivity index (χ2v) is 5.42. The van der Waals surface area contributed by atoms with Crippen LogP contribution in [0.4, 0.5) is 0 Å². The maximum atomic E-state index is 11.7. The smallest absolute Gasteiger partial charge is 0.310 e. The molecule has 2 rings (SSSR count). The Hall–Kier alpha value is -0.880. The predicted molar refractivity (Wildman–Crippen MR) is 70.9 cm³/mol. The third-order valence-electron chi connectivity index (χ3n) is 3.07. The van der Waals surface area contributed by atoms with Gasteiger partial charge in [-0.05, 0) is 42.2 Å². The molecule has 0 bridgehead atoms. The van der Waals surface area contributed by atoms with Crippen molar-refractivity contribution < 1.29 is 9.53 Å². The van der Waals surface area contributed by atoms with Gasteiger partial charge in [0.25, 0.3) is 0 Å². The summed E-state index contributed by atoms with van der Waals surface area (Å²) in [6.07, 6.45) is 5.67. The molecule has 0 saturated carbocycles. The van der Waals surface area contributed by atoms with Gasteiger partial charge in [-0.1, -0.05) is 0 Å². The van der Waals surface area contributed by atoms with Gasteiger partial charge in [0.05, 0.1) is 29.9 Å². The number of esters is 1. The topological polar surface area (TPSA) is 47.4 Å². The zero-order valence-electron chi connectivity index (χ0n) is 10.5. The van der Waals surface area contributed by atoms with Crippen molar-refractivity contribution in [2.24, 2.45) is 5.92 Å². The maximum Gasteiger partial charge on any atom is 0.310 e. The molecule has 1 aliphatic rings. The van der Waals surface area contributed by atoms with Crippen LogP contribution in [0.5, 0.6) is 0 Å². The van der Waals surface area contributed by atoms with Gasteiger partial charge >= 0.3 is 5.97 Å². The highest BCUT2D eigenvalue weighted by molar-refractivity contribution is 9.10. The Morgan fingerprint density at radius 1 is 1.67 bits per heavy atom. The first-order valence-corrected chi connectivity index (χ1v) is 7.05. The molecule has 2 heterocycles. The standard InChI is InChI=1S/C12H18BrN3O2/c1-2-18-12(17)10-4-3-5-15(7-10)9-16-8-11(13)6-14-16/h6,8,10H,2-5,7,9H2,1H3. The number of rotatable bonds is 4. The Bertz CT molecular complexity index is 408. The number of ether oxygens (including phenoxy) is 1. The summed E-state index contributed by atoms with van der Waals surface area (Å²) in [5, 5.41) is 4.23. The van der Waals surface area contributed by atoms with Crippen molar-refractivity contribution in [2.45, 2.75) is 26.4 Å². The van der Waals surface area contributed by atoms with Crippen LogP contribution in [-0.2, 0) is 16.2 Å². The van der Waals surface area contributed by atoms with Crippen LogP contribution in [0.3, 0.4) is 0 Å². The van der Waals surface area contributed by atoms with E-state index in [9.17, 15) is 4.79 Å². The van der Waals surface area contributed by atoms with Crippen LogP contribution in [0.2, 0.25) is 0 Å². The van der Waals surface area contributed by atoms with E-state index in [2.05, 4.69) is 25.9 Å². The highest BCUT2D eigenvalue weighted by Gasteiger charge is 2.26. The van der Waals surface area contributed by atoms with Crippen molar-refractivity contribution in [3.63, 3.8) is 0 Å². The Labute approximate surface area is 115 Å². The van der Waals surface area contributed by atoms with E-state index >= 15 is 0 Å². The lowest BCUT2D eigenvalue weighted by atomic mass is 9.99. The molecule has 1 saturated heterocycles. The molecule has 0 aliphatic carbocycles. The van der Waals surface area contributed by atoms with Gasteiger partial charge in [0.1, 0.15) is 0 Å². The van der Waals surface area contributed by atoms with Gasteiger partial charge in [-0.3, -0.25) is 14.4 Å². The van der Waals surface area contributed by atoms with Crippen LogP contribution in [-0.4, -0.2) is 40.3 Å². The van der Waals surface area contributed by atoms with Crippen molar-refractivity contribution in [3.8, 4) is 0 Å². The van der Waals surface area contributed by atoms with E-state index in [-0.39, 0.29) is 11.9 Å². The lowest BCUT2D eigenvalue weighted by molar-refractivity contribution is -0.150. The average molecular weight is 316 g/mol. The summed E-state index contributed by atoms with van der Waals surface area (Å²) < 4.78 is 7.93. The summed E-state index contributed by atoms with van der Waals surface area (Å²) in [4.78, 5) is 14.0. The number of hydrogen-bond donors (Lipinski definition) is 0. The monoisotopic (exact) mass is 315 g/mol. The molecular weight excluding hydrogens is 298 g/mol. The van der Waals surface area contributed by atoms with Crippen molar-refractivity contribution >= 4 is 21.9 Å². The molecule has 1 aromatic rings. The minimum absolute atomic E-state index is 0.0118. The molecule has 1 aromatic heterocycles. The van der Waals surface area contributed by atoms with Crippen molar-refractivity contribution in [1.82, 2.24) is 14.7 Å². The number of likely N-dealkylation sites (tertiary alicyclic amines) is 1. The van der Waals surface area contributed by atoms with Gasteiger partial charge in [0.15, 0.2) is 0 Å². The van der Waals surface area contributed by atoms with Gasteiger partial charge in [-0.2, -0.15) is 5.10 Å². The van der Waals surface area contributed by atoms with Crippen molar-refractivity contribution in [2.75, 3.05) is 19.7 Å². The lowest BCUT2D eigenvalue weighted by Gasteiger charge is -2.31. The minimum Gasteiger partial charge on any atom is -0.466 e. The number of nitrogens with zero attached hydrogens (tertiary/aromatic N) is 3. The molecule has 0 amide bonds. The van der Waals surface area contributed by atoms with E-state index in [1.54, 1.807) is 6.20 Å². The predicted octanol–water partition coefficient (Wildman–Crippen LogP) is 1.88. The normalized spacial score (nSPS) is 20.9. The van der Waals surface area contributed by atoms with E-state index < -0.39 is 0 Å². The fraction of sp³-hybridized carbons (Fsp3) is 0.667. The van der Waals surface area contributed by atoms with Crippen LogP contribution in [0.25, 0.3) is 0 Å². The van der Waals surface area contributed by atoms with Gasteiger partial charge in [-0.25, -0.2) is 0 Å². The number of aromatic nitrogens is 2. The first kappa shape index (κ1) is 13.5. The molecule has 0 spiro atoms. The Morgan fingerprint density at radius 2 is 2.50 bits per heavy atom. The van der Waals surface area contributed by atoms with Crippen molar-refractivity contribution in [1.29, 1.82) is 0 Å². The molecule has 100 valence electrons. The fourth-order valence-electron chi connectivity index (χ4n) is 2.26. The van der Waals surface area contributed by atoms with Crippen molar-refractivity contribution in [3.05, 3.63) is 16.9 Å². The number of carbonyl (C=O) groups is 1. The van der Waals surface area contributed by atoms with Gasteiger partial charge in [-0.15, -0.1) is 0 Å². The second-order valence-electron chi connectivity index (χ2n) is 4.51. The number of halogens is 1. The number of hydrogen-bond acceptors (Lipinski definition) is 4. The molecule has 0 N–H and O–H groups in total. The first-order valence-electron chi connectivity index (χ1n) is 6.26. The molecule has 0 aromatic carbocycles. The minimum atomic E-state index is -0.0659. The van der Waals surface area contributed by atoms with E-state index in [0.29, 0.717) is 6.61 Å². The lowest BCUT2D eigenvalue weighted by Crippen LogP contribution is -2.40. The Morgan fingerprint density at radius 3 is 3.17 bits per heavy atom. The van der Waals surface area contributed by atoms with Crippen LogP contribution >= 0.6 is 15.9 Å². The third-order valence-corrected chi connectivity index (χ3v) is 3.48. The number of piperidine rings is 1. The zero-order chi connectivity index (χ0) is 13.0. The molecule has 0 radical (unpaired) electrons. The largest absolute Gasteiger partial charge is 0.466 e. The summed E-state index contributed by atoms with van der Waals surface area (Å²) in [5.41, 5.74) is 0. The first-order chi connectivity index (χ1) is 8.69. The second kappa shape index (κ2) is 6.33. The third kappa shape index (κ3) is 3.55. The average Bonchev–Trinajstić information content (AvgIpc) is 2.75. The highest BCUT2D eigenvalue weighted by atomic mass is 79.9. The SMILES string of the molecule is CCOC(=O)C1CCCN(Cn2cc(Br)cn2)C1. The molecule has 6 heteroatoms. The van der Waals surface area contributed by atoms with E-state index in [0.717, 1.165) is 37.1 Å². The van der Waals surface area contributed by atoms with E-state index in [4.69, 9.17) is 4.74 Å².